The van der Waals surface area contributed by atoms with Gasteiger partial charge in [-0.3, -0.25) is 9.59 Å². The molecule has 2 heterocycles. The fourth-order valence-corrected chi connectivity index (χ4v) is 6.24. The van der Waals surface area contributed by atoms with Gasteiger partial charge in [-0.05, 0) is 45.1 Å². The van der Waals surface area contributed by atoms with Crippen LogP contribution in [0.15, 0.2) is 0 Å². The maximum Gasteiger partial charge on any atom is 0.317 e. The molecule has 0 aromatic heterocycles. The highest BCUT2D eigenvalue weighted by Crippen LogP contribution is 2.47. The lowest BCUT2D eigenvalue weighted by Gasteiger charge is -2.33. The summed E-state index contributed by atoms with van der Waals surface area (Å²) in [5, 5.41) is 11.6. The largest absolute Gasteiger partial charge is 0.356 e. The molecule has 2 aliphatic heterocycles. The number of fused-ring (bicyclic) bond motifs is 1. The zero-order valence-corrected chi connectivity index (χ0v) is 20.9. The lowest BCUT2D eigenvalue weighted by molar-refractivity contribution is -0.122. The Balaban J connectivity index is 1.51. The summed E-state index contributed by atoms with van der Waals surface area (Å²) in [5.74, 6) is 6.18. The first-order valence-corrected chi connectivity index (χ1v) is 13.4. The van der Waals surface area contributed by atoms with E-state index in [0.29, 0.717) is 38.2 Å². The van der Waals surface area contributed by atoms with Crippen LogP contribution in [0.2, 0.25) is 0 Å². The van der Waals surface area contributed by atoms with Crippen LogP contribution in [0.5, 0.6) is 0 Å². The highest BCUT2D eigenvalue weighted by Gasteiger charge is 2.65. The van der Waals surface area contributed by atoms with Crippen molar-refractivity contribution in [3.8, 4) is 24.7 Å². The number of thioether (sulfide) groups is 1. The third-order valence-electron chi connectivity index (χ3n) is 6.49. The lowest BCUT2D eigenvalue weighted by atomic mass is 9.77. The number of unbranched alkanes of at least 4 members (excludes halogenated alkanes) is 5. The zero-order chi connectivity index (χ0) is 24.9. The van der Waals surface area contributed by atoms with Crippen molar-refractivity contribution in [2.24, 2.45) is 5.73 Å². The van der Waals surface area contributed by atoms with Crippen LogP contribution in [-0.2, 0) is 9.59 Å². The van der Waals surface area contributed by atoms with Gasteiger partial charge in [-0.25, -0.2) is 4.79 Å². The Morgan fingerprint density at radius 3 is 2.15 bits per heavy atom. The molecule has 9 heteroatoms. The van der Waals surface area contributed by atoms with Crippen LogP contribution in [-0.4, -0.2) is 59.6 Å². The first-order chi connectivity index (χ1) is 16.4. The van der Waals surface area contributed by atoms with Gasteiger partial charge in [0.25, 0.3) is 0 Å². The molecule has 2 fully saturated rings. The minimum absolute atomic E-state index is 0.0127. The molecule has 188 valence electrons. The van der Waals surface area contributed by atoms with Crippen LogP contribution in [0.25, 0.3) is 0 Å². The van der Waals surface area contributed by atoms with E-state index in [9.17, 15) is 14.4 Å². The van der Waals surface area contributed by atoms with E-state index in [4.69, 9.17) is 18.6 Å². The van der Waals surface area contributed by atoms with Gasteiger partial charge < -0.3 is 27.0 Å². The third kappa shape index (κ3) is 7.32. The van der Waals surface area contributed by atoms with Gasteiger partial charge in [-0.2, -0.15) is 11.8 Å². The van der Waals surface area contributed by atoms with E-state index in [-0.39, 0.29) is 23.1 Å². The Kier molecular flexibility index (Phi) is 11.6. The number of nitrogens with one attached hydrogen (secondary N) is 4. The van der Waals surface area contributed by atoms with Crippen LogP contribution in [0.3, 0.4) is 0 Å². The Morgan fingerprint density at radius 2 is 1.56 bits per heavy atom. The fourth-order valence-electron chi connectivity index (χ4n) is 4.49. The molecule has 2 rings (SSSR count). The van der Waals surface area contributed by atoms with Gasteiger partial charge >= 0.3 is 6.03 Å². The van der Waals surface area contributed by atoms with Crippen molar-refractivity contribution in [2.45, 2.75) is 87.0 Å². The third-order valence-corrected chi connectivity index (χ3v) is 8.09. The van der Waals surface area contributed by atoms with E-state index in [0.717, 1.165) is 57.8 Å². The number of hydrogen-bond donors (Lipinski definition) is 5. The number of carbonyl (C=O) groups is 3. The van der Waals surface area contributed by atoms with Crippen LogP contribution in [0.4, 0.5) is 4.79 Å². The minimum atomic E-state index is -0.882. The molecule has 0 aromatic rings. The quantitative estimate of drug-likeness (QED) is 0.128. The average Bonchev–Trinajstić information content (AvgIpc) is 3.28. The monoisotopic (exact) mass is 489 g/mol. The SMILES string of the molecule is C#C[C@]12CSC(CCCCC(=O)NCCCCCC(=O)NCCCCCN)[C@@]1(C#C)NC(=O)N2. The first-order valence-electron chi connectivity index (χ1n) is 12.3. The number of nitrogens with two attached hydrogens (primary N) is 1. The molecule has 2 aliphatic rings. The van der Waals surface area contributed by atoms with Crippen molar-refractivity contribution in [2.75, 3.05) is 25.4 Å². The van der Waals surface area contributed by atoms with E-state index in [1.807, 2.05) is 0 Å². The van der Waals surface area contributed by atoms with Gasteiger partial charge in [-0.15, -0.1) is 12.8 Å². The summed E-state index contributed by atoms with van der Waals surface area (Å²) >= 11 is 1.68. The molecule has 0 bridgehead atoms. The second kappa shape index (κ2) is 14.1. The Bertz CT molecular complexity index is 792. The minimum Gasteiger partial charge on any atom is -0.356 e. The van der Waals surface area contributed by atoms with Crippen molar-refractivity contribution in [1.29, 1.82) is 0 Å². The van der Waals surface area contributed by atoms with Crippen LogP contribution >= 0.6 is 11.8 Å². The predicted octanol–water partition coefficient (Wildman–Crippen LogP) is 1.64. The molecule has 3 atom stereocenters. The number of amides is 4. The molecular weight excluding hydrogens is 450 g/mol. The molecule has 1 unspecified atom stereocenters. The normalized spacial score (nSPS) is 24.9. The molecule has 0 spiro atoms. The van der Waals surface area contributed by atoms with Crippen molar-refractivity contribution in [1.82, 2.24) is 21.3 Å². The highest BCUT2D eigenvalue weighted by atomic mass is 32.2. The van der Waals surface area contributed by atoms with E-state index < -0.39 is 11.1 Å². The van der Waals surface area contributed by atoms with E-state index in [2.05, 4.69) is 33.1 Å². The molecule has 0 aromatic carbocycles. The van der Waals surface area contributed by atoms with Crippen molar-refractivity contribution < 1.29 is 14.4 Å². The summed E-state index contributed by atoms with van der Waals surface area (Å²) in [7, 11) is 0. The summed E-state index contributed by atoms with van der Waals surface area (Å²) in [6.45, 7) is 2.04. The van der Waals surface area contributed by atoms with E-state index in [1.165, 1.54) is 0 Å². The van der Waals surface area contributed by atoms with E-state index >= 15 is 0 Å². The molecule has 8 nitrogen and oxygen atoms in total. The summed E-state index contributed by atoms with van der Waals surface area (Å²) in [6, 6.07) is -0.320. The number of carbonyl (C=O) groups excluding carboxylic acids is 3. The van der Waals surface area contributed by atoms with E-state index in [1.54, 1.807) is 11.8 Å². The predicted molar refractivity (Wildman–Crippen MR) is 137 cm³/mol. The van der Waals surface area contributed by atoms with Crippen molar-refractivity contribution >= 4 is 29.6 Å². The van der Waals surface area contributed by atoms with Crippen LogP contribution in [0.1, 0.15) is 70.6 Å². The number of hydrogen-bond acceptors (Lipinski definition) is 5. The Labute approximate surface area is 208 Å². The summed E-state index contributed by atoms with van der Waals surface area (Å²) in [5.41, 5.74) is 3.71. The fraction of sp³-hybridized carbons (Fsp3) is 0.720. The second-order valence-corrected chi connectivity index (χ2v) is 10.2. The molecule has 6 N–H and O–H groups in total. The summed E-state index contributed by atoms with van der Waals surface area (Å²) in [6.07, 6.45) is 20.5. The number of urea groups is 1. The molecular formula is C25H39N5O3S. The second-order valence-electron chi connectivity index (χ2n) is 8.99. The standard InChI is InChI=1S/C25H39N5O3S/c1-3-24-19-34-20(25(24,4-2)30-23(33)29-24)13-8-9-15-22(32)27-17-11-5-7-14-21(31)28-18-12-6-10-16-26/h1-2,20H,5-19,26H2,(H,27,32)(H,28,31)(H2,29,30,33)/t20?,24-,25+/m0/s1. The lowest BCUT2D eigenvalue weighted by Crippen LogP contribution is -2.60. The van der Waals surface area contributed by atoms with Crippen molar-refractivity contribution in [3.63, 3.8) is 0 Å². The molecule has 0 aliphatic carbocycles. The van der Waals surface area contributed by atoms with Crippen LogP contribution < -0.4 is 27.0 Å². The van der Waals surface area contributed by atoms with Gasteiger partial charge in [0.2, 0.25) is 11.8 Å². The number of terminal acetylenes is 2. The van der Waals surface area contributed by atoms with Crippen LogP contribution in [0, 0.1) is 24.7 Å². The molecule has 0 radical (unpaired) electrons. The van der Waals surface area contributed by atoms with Gasteiger partial charge in [0.15, 0.2) is 0 Å². The summed E-state index contributed by atoms with van der Waals surface area (Å²) < 4.78 is 0. The van der Waals surface area contributed by atoms with Gasteiger partial charge in [0.1, 0.15) is 11.1 Å². The topological polar surface area (TPSA) is 125 Å². The highest BCUT2D eigenvalue weighted by molar-refractivity contribution is 8.00. The molecule has 4 amide bonds. The van der Waals surface area contributed by atoms with Crippen molar-refractivity contribution in [3.05, 3.63) is 0 Å². The van der Waals surface area contributed by atoms with Gasteiger partial charge in [-0.1, -0.05) is 31.1 Å². The summed E-state index contributed by atoms with van der Waals surface area (Å²) in [4.78, 5) is 35.8. The average molecular weight is 490 g/mol. The maximum atomic E-state index is 12.1. The first kappa shape index (κ1) is 27.9. The molecule has 34 heavy (non-hydrogen) atoms. The zero-order valence-electron chi connectivity index (χ0n) is 20.0. The smallest absolute Gasteiger partial charge is 0.317 e. The van der Waals surface area contributed by atoms with Gasteiger partial charge in [0.05, 0.1) is 0 Å². The Morgan fingerprint density at radius 1 is 0.941 bits per heavy atom. The molecule has 2 saturated heterocycles. The van der Waals surface area contributed by atoms with Gasteiger partial charge in [0, 0.05) is 36.9 Å². The number of rotatable bonds is 16. The maximum absolute atomic E-state index is 12.1. The molecule has 0 saturated carbocycles. The Hall–Kier alpha value is -2.36.